The normalized spacial score (nSPS) is 10.7. The van der Waals surface area contributed by atoms with Crippen molar-refractivity contribution in [1.29, 1.82) is 0 Å². The lowest BCUT2D eigenvalue weighted by atomic mass is 10.1. The van der Waals surface area contributed by atoms with Gasteiger partial charge in [0.2, 0.25) is 0 Å². The number of hydrogen-bond donors (Lipinski definition) is 0. The van der Waals surface area contributed by atoms with Gasteiger partial charge in [-0.25, -0.2) is 0 Å². The molecule has 0 N–H and O–H groups in total. The highest BCUT2D eigenvalue weighted by molar-refractivity contribution is 14.1. The topological polar surface area (TPSA) is 61.6 Å². The van der Waals surface area contributed by atoms with Crippen LogP contribution in [0.5, 0.6) is 11.5 Å². The highest BCUT2D eigenvalue weighted by atomic mass is 127. The second-order valence-electron chi connectivity index (χ2n) is 7.06. The van der Waals surface area contributed by atoms with E-state index in [-0.39, 0.29) is 11.5 Å². The summed E-state index contributed by atoms with van der Waals surface area (Å²) in [6.45, 7) is 2.16. The SMILES string of the molecule is CC(=O)c1noc(-c2cc(Cl)c(OCc3ccccc3)cc2OCc2ccccc2)c1I. The van der Waals surface area contributed by atoms with Crippen LogP contribution >= 0.6 is 34.2 Å². The van der Waals surface area contributed by atoms with Gasteiger partial charge in [-0.05, 0) is 39.8 Å². The quantitative estimate of drug-likeness (QED) is 0.173. The van der Waals surface area contributed by atoms with Crippen molar-refractivity contribution in [2.45, 2.75) is 20.1 Å². The molecule has 0 aliphatic heterocycles. The zero-order valence-electron chi connectivity index (χ0n) is 17.2. The number of nitrogens with zero attached hydrogens (tertiary/aromatic N) is 1. The lowest BCUT2D eigenvalue weighted by molar-refractivity contribution is 0.100. The third-order valence-corrected chi connectivity index (χ3v) is 6.02. The van der Waals surface area contributed by atoms with Crippen molar-refractivity contribution < 1.29 is 18.8 Å². The van der Waals surface area contributed by atoms with E-state index >= 15 is 0 Å². The van der Waals surface area contributed by atoms with E-state index in [4.69, 9.17) is 25.6 Å². The summed E-state index contributed by atoms with van der Waals surface area (Å²) in [5.41, 5.74) is 2.91. The van der Waals surface area contributed by atoms with E-state index in [1.54, 1.807) is 12.1 Å². The van der Waals surface area contributed by atoms with Gasteiger partial charge in [-0.15, -0.1) is 0 Å². The van der Waals surface area contributed by atoms with Gasteiger partial charge in [0.1, 0.15) is 24.7 Å². The summed E-state index contributed by atoms with van der Waals surface area (Å²) in [6.07, 6.45) is 0. The summed E-state index contributed by atoms with van der Waals surface area (Å²) < 4.78 is 18.2. The van der Waals surface area contributed by atoms with E-state index in [2.05, 4.69) is 5.16 Å². The summed E-state index contributed by atoms with van der Waals surface area (Å²) in [5.74, 6) is 1.26. The summed E-state index contributed by atoms with van der Waals surface area (Å²) in [5, 5.41) is 4.32. The lowest BCUT2D eigenvalue weighted by Gasteiger charge is -2.15. The molecule has 162 valence electrons. The Kier molecular flexibility index (Phi) is 7.12. The van der Waals surface area contributed by atoms with Gasteiger partial charge >= 0.3 is 0 Å². The Labute approximate surface area is 204 Å². The molecule has 3 aromatic carbocycles. The van der Waals surface area contributed by atoms with Gasteiger partial charge in [-0.1, -0.05) is 77.4 Å². The zero-order valence-corrected chi connectivity index (χ0v) is 20.1. The molecule has 0 unspecified atom stereocenters. The van der Waals surface area contributed by atoms with Crippen LogP contribution in [0.25, 0.3) is 11.3 Å². The maximum absolute atomic E-state index is 11.8. The molecule has 7 heteroatoms. The summed E-state index contributed by atoms with van der Waals surface area (Å²) in [4.78, 5) is 11.8. The van der Waals surface area contributed by atoms with Gasteiger partial charge in [0.05, 0.1) is 14.2 Å². The van der Waals surface area contributed by atoms with E-state index in [9.17, 15) is 4.79 Å². The second-order valence-corrected chi connectivity index (χ2v) is 8.54. The van der Waals surface area contributed by atoms with Crippen molar-refractivity contribution >= 4 is 40.0 Å². The predicted octanol–water partition coefficient (Wildman–Crippen LogP) is 6.96. The first kappa shape index (κ1) is 22.4. The Balaban J connectivity index is 1.69. The van der Waals surface area contributed by atoms with Crippen LogP contribution in [0.3, 0.4) is 0 Å². The highest BCUT2D eigenvalue weighted by Crippen LogP contribution is 2.41. The fourth-order valence-corrected chi connectivity index (χ4v) is 4.16. The highest BCUT2D eigenvalue weighted by Gasteiger charge is 2.23. The lowest BCUT2D eigenvalue weighted by Crippen LogP contribution is -2.00. The molecule has 5 nitrogen and oxygen atoms in total. The number of aromatic nitrogens is 1. The van der Waals surface area contributed by atoms with Crippen LogP contribution in [-0.4, -0.2) is 10.9 Å². The van der Waals surface area contributed by atoms with Crippen LogP contribution in [0, 0.1) is 3.57 Å². The first-order valence-corrected chi connectivity index (χ1v) is 11.3. The average molecular weight is 560 g/mol. The number of ether oxygens (including phenoxy) is 2. The van der Waals surface area contributed by atoms with Crippen LogP contribution in [0.4, 0.5) is 0 Å². The van der Waals surface area contributed by atoms with Gasteiger partial charge in [-0.2, -0.15) is 0 Å². The minimum Gasteiger partial charge on any atom is -0.488 e. The smallest absolute Gasteiger partial charge is 0.184 e. The third-order valence-electron chi connectivity index (χ3n) is 4.72. The Hall–Kier alpha value is -2.84. The molecule has 4 aromatic rings. The number of ketones is 1. The molecule has 1 aromatic heterocycles. The van der Waals surface area contributed by atoms with Crippen molar-refractivity contribution in [2.24, 2.45) is 0 Å². The van der Waals surface area contributed by atoms with Gasteiger partial charge in [0.15, 0.2) is 17.2 Å². The van der Waals surface area contributed by atoms with E-state index in [0.717, 1.165) is 11.1 Å². The Morgan fingerprint density at radius 2 is 1.50 bits per heavy atom. The molecule has 0 atom stereocenters. The average Bonchev–Trinajstić information content (AvgIpc) is 3.20. The summed E-state index contributed by atoms with van der Waals surface area (Å²) in [6, 6.07) is 23.1. The largest absolute Gasteiger partial charge is 0.488 e. The molecule has 0 aliphatic carbocycles. The molecule has 0 saturated heterocycles. The Morgan fingerprint density at radius 3 is 2.03 bits per heavy atom. The van der Waals surface area contributed by atoms with Crippen LogP contribution in [-0.2, 0) is 13.2 Å². The van der Waals surface area contributed by atoms with E-state index in [1.165, 1.54) is 6.92 Å². The monoisotopic (exact) mass is 559 g/mol. The number of carbonyl (C=O) groups is 1. The van der Waals surface area contributed by atoms with Gasteiger partial charge in [0, 0.05) is 13.0 Å². The van der Waals surface area contributed by atoms with Crippen molar-refractivity contribution in [3.05, 3.63) is 98.2 Å². The first-order chi connectivity index (χ1) is 15.5. The number of hydrogen-bond acceptors (Lipinski definition) is 5. The van der Waals surface area contributed by atoms with Gasteiger partial charge < -0.3 is 14.0 Å². The molecular weight excluding hydrogens is 541 g/mol. The summed E-state index contributed by atoms with van der Waals surface area (Å²) >= 11 is 8.59. The van der Waals surface area contributed by atoms with Crippen LogP contribution in [0.2, 0.25) is 5.02 Å². The number of Topliss-reactive ketones (excluding diaryl/α,β-unsaturated/α-hetero) is 1. The molecular formula is C25H19ClINO4. The molecule has 1 heterocycles. The van der Waals surface area contributed by atoms with Crippen molar-refractivity contribution in [3.8, 4) is 22.8 Å². The number of benzene rings is 3. The standard InChI is InChI=1S/C25H19ClINO4/c1-16(29)24-23(27)25(32-28-24)19-12-20(26)22(31-15-18-10-6-3-7-11-18)13-21(19)30-14-17-8-4-2-5-9-17/h2-13H,14-15H2,1H3. The molecule has 0 fully saturated rings. The Bertz CT molecular complexity index is 1230. The van der Waals surface area contributed by atoms with Crippen LogP contribution < -0.4 is 9.47 Å². The number of rotatable bonds is 8. The predicted molar refractivity (Wildman–Crippen MR) is 131 cm³/mol. The molecule has 0 aliphatic rings. The van der Waals surface area contributed by atoms with E-state index < -0.39 is 0 Å². The maximum Gasteiger partial charge on any atom is 0.184 e. The Morgan fingerprint density at radius 1 is 0.938 bits per heavy atom. The minimum atomic E-state index is -0.176. The van der Waals surface area contributed by atoms with Crippen molar-refractivity contribution in [1.82, 2.24) is 5.16 Å². The number of halogens is 2. The van der Waals surface area contributed by atoms with Crippen molar-refractivity contribution in [2.75, 3.05) is 0 Å². The first-order valence-electron chi connectivity index (χ1n) is 9.86. The fourth-order valence-electron chi connectivity index (χ4n) is 3.08. The number of carbonyl (C=O) groups excluding carboxylic acids is 1. The van der Waals surface area contributed by atoms with Crippen LogP contribution in [0.1, 0.15) is 28.5 Å². The third kappa shape index (κ3) is 5.14. The summed E-state index contributed by atoms with van der Waals surface area (Å²) in [7, 11) is 0. The molecule has 0 radical (unpaired) electrons. The van der Waals surface area contributed by atoms with Crippen LogP contribution in [0.15, 0.2) is 77.3 Å². The van der Waals surface area contributed by atoms with Gasteiger partial charge in [0.25, 0.3) is 0 Å². The van der Waals surface area contributed by atoms with E-state index in [0.29, 0.717) is 44.6 Å². The minimum absolute atomic E-state index is 0.176. The fraction of sp³-hybridized carbons (Fsp3) is 0.120. The molecule has 32 heavy (non-hydrogen) atoms. The molecule has 0 saturated carbocycles. The second kappa shape index (κ2) is 10.2. The zero-order chi connectivity index (χ0) is 22.5. The van der Waals surface area contributed by atoms with E-state index in [1.807, 2.05) is 83.3 Å². The molecule has 0 bridgehead atoms. The van der Waals surface area contributed by atoms with Gasteiger partial charge in [-0.3, -0.25) is 4.79 Å². The molecule has 4 rings (SSSR count). The maximum atomic E-state index is 11.8. The van der Waals surface area contributed by atoms with Crippen molar-refractivity contribution in [3.63, 3.8) is 0 Å². The molecule has 0 spiro atoms. The molecule has 0 amide bonds.